The van der Waals surface area contributed by atoms with Crippen molar-refractivity contribution in [3.8, 4) is 5.75 Å². The molecule has 0 saturated carbocycles. The molecule has 0 unspecified atom stereocenters. The summed E-state index contributed by atoms with van der Waals surface area (Å²) in [6.07, 6.45) is 0.622. The molecule has 0 spiro atoms. The van der Waals surface area contributed by atoms with Gasteiger partial charge in [-0.25, -0.2) is 4.79 Å². The smallest absolute Gasteiger partial charge is 0.343 e. The van der Waals surface area contributed by atoms with Crippen molar-refractivity contribution in [3.63, 3.8) is 0 Å². The topological polar surface area (TPSA) is 61.6 Å². The molecule has 0 aliphatic rings. The Morgan fingerprint density at radius 2 is 2.00 bits per heavy atom. The van der Waals surface area contributed by atoms with Gasteiger partial charge in [0.2, 0.25) is 0 Å². The van der Waals surface area contributed by atoms with Crippen LogP contribution in [0.15, 0.2) is 33.3 Å². The van der Waals surface area contributed by atoms with Gasteiger partial charge in [0, 0.05) is 4.47 Å². The fraction of sp³-hybridized carbons (Fsp3) is 0.333. The van der Waals surface area contributed by atoms with E-state index in [1.807, 2.05) is 31.2 Å². The third-order valence-electron chi connectivity index (χ3n) is 2.87. The predicted molar refractivity (Wildman–Crippen MR) is 80.5 cm³/mol. The number of aryl methyl sites for hydroxylation is 2. The number of benzene rings is 1. The van der Waals surface area contributed by atoms with Gasteiger partial charge in [0.15, 0.2) is 0 Å². The molecule has 0 bridgehead atoms. The molecule has 21 heavy (non-hydrogen) atoms. The van der Waals surface area contributed by atoms with E-state index in [1.165, 1.54) is 0 Å². The molecule has 0 atom stereocenters. The van der Waals surface area contributed by atoms with Gasteiger partial charge in [-0.15, -0.1) is 0 Å². The lowest BCUT2D eigenvalue weighted by molar-refractivity contribution is 0.0447. The predicted octanol–water partition coefficient (Wildman–Crippen LogP) is 3.54. The van der Waals surface area contributed by atoms with Crippen LogP contribution >= 0.6 is 15.9 Å². The molecule has 0 fully saturated rings. The number of carbonyl (C=O) groups is 1. The van der Waals surface area contributed by atoms with E-state index in [2.05, 4.69) is 21.1 Å². The van der Waals surface area contributed by atoms with Crippen LogP contribution < -0.4 is 4.74 Å². The van der Waals surface area contributed by atoms with Crippen molar-refractivity contribution in [3.05, 3.63) is 45.8 Å². The number of ether oxygens (including phenoxy) is 2. The van der Waals surface area contributed by atoms with Gasteiger partial charge in [-0.3, -0.25) is 0 Å². The summed E-state index contributed by atoms with van der Waals surface area (Å²) < 4.78 is 16.7. The van der Waals surface area contributed by atoms with Crippen LogP contribution in [0.2, 0.25) is 0 Å². The molecule has 0 saturated heterocycles. The van der Waals surface area contributed by atoms with Crippen LogP contribution in [-0.4, -0.2) is 24.3 Å². The van der Waals surface area contributed by atoms with Gasteiger partial charge in [-0.2, -0.15) is 0 Å². The van der Waals surface area contributed by atoms with Crippen LogP contribution in [-0.2, 0) is 11.2 Å². The fourth-order valence-corrected chi connectivity index (χ4v) is 2.08. The molecule has 2 aromatic rings. The molecule has 2 rings (SSSR count). The van der Waals surface area contributed by atoms with E-state index in [9.17, 15) is 4.79 Å². The zero-order valence-corrected chi connectivity index (χ0v) is 13.5. The second-order valence-corrected chi connectivity index (χ2v) is 5.27. The number of esters is 1. The van der Waals surface area contributed by atoms with Crippen LogP contribution in [0.25, 0.3) is 0 Å². The first kappa shape index (κ1) is 15.6. The van der Waals surface area contributed by atoms with Gasteiger partial charge in [0.1, 0.15) is 30.3 Å². The maximum absolute atomic E-state index is 12.0. The zero-order chi connectivity index (χ0) is 15.2. The highest BCUT2D eigenvalue weighted by molar-refractivity contribution is 9.10. The van der Waals surface area contributed by atoms with E-state index in [0.717, 1.165) is 10.2 Å². The first-order valence-corrected chi connectivity index (χ1v) is 7.41. The second kappa shape index (κ2) is 7.26. The molecule has 1 heterocycles. The summed E-state index contributed by atoms with van der Waals surface area (Å²) in [6.45, 7) is 4.06. The average molecular weight is 354 g/mol. The Morgan fingerprint density at radius 1 is 1.29 bits per heavy atom. The standard InChI is InChI=1S/C15H16BrNO4/c1-3-13-14(10(2)21-17-13)15(18)20-9-8-19-12-6-4-11(16)5-7-12/h4-7H,3,8-9H2,1-2H3. The Morgan fingerprint density at radius 3 is 2.67 bits per heavy atom. The quantitative estimate of drug-likeness (QED) is 0.587. The van der Waals surface area contributed by atoms with Crippen molar-refractivity contribution in [2.45, 2.75) is 20.3 Å². The second-order valence-electron chi connectivity index (χ2n) is 4.35. The van der Waals surface area contributed by atoms with E-state index in [0.29, 0.717) is 30.0 Å². The molecule has 112 valence electrons. The molecule has 5 nitrogen and oxygen atoms in total. The van der Waals surface area contributed by atoms with Crippen molar-refractivity contribution >= 4 is 21.9 Å². The monoisotopic (exact) mass is 353 g/mol. The maximum Gasteiger partial charge on any atom is 0.343 e. The molecule has 0 radical (unpaired) electrons. The first-order valence-electron chi connectivity index (χ1n) is 6.62. The minimum Gasteiger partial charge on any atom is -0.490 e. The third-order valence-corrected chi connectivity index (χ3v) is 3.40. The van der Waals surface area contributed by atoms with Crippen molar-refractivity contribution in [1.82, 2.24) is 5.16 Å². The van der Waals surface area contributed by atoms with Gasteiger partial charge >= 0.3 is 5.97 Å². The lowest BCUT2D eigenvalue weighted by Gasteiger charge is -2.07. The maximum atomic E-state index is 12.0. The van der Waals surface area contributed by atoms with Crippen LogP contribution in [0.1, 0.15) is 28.7 Å². The number of hydrogen-bond acceptors (Lipinski definition) is 5. The number of nitrogens with zero attached hydrogens (tertiary/aromatic N) is 1. The number of carbonyl (C=O) groups excluding carboxylic acids is 1. The summed E-state index contributed by atoms with van der Waals surface area (Å²) in [4.78, 5) is 12.0. The number of rotatable bonds is 6. The van der Waals surface area contributed by atoms with Gasteiger partial charge in [0.25, 0.3) is 0 Å². The van der Waals surface area contributed by atoms with Crippen LogP contribution in [0.4, 0.5) is 0 Å². The van der Waals surface area contributed by atoms with E-state index < -0.39 is 5.97 Å². The molecule has 0 N–H and O–H groups in total. The Hall–Kier alpha value is -1.82. The normalized spacial score (nSPS) is 10.4. The Bertz CT molecular complexity index is 607. The molecule has 1 aromatic heterocycles. The molecule has 0 aliphatic carbocycles. The Kier molecular flexibility index (Phi) is 5.38. The van der Waals surface area contributed by atoms with Gasteiger partial charge < -0.3 is 14.0 Å². The highest BCUT2D eigenvalue weighted by Crippen LogP contribution is 2.17. The van der Waals surface area contributed by atoms with E-state index in [4.69, 9.17) is 14.0 Å². The van der Waals surface area contributed by atoms with Crippen LogP contribution in [0.3, 0.4) is 0 Å². The Balaban J connectivity index is 1.82. The summed E-state index contributed by atoms with van der Waals surface area (Å²) in [5.74, 6) is 0.778. The third kappa shape index (κ3) is 4.07. The number of hydrogen-bond donors (Lipinski definition) is 0. The minimum absolute atomic E-state index is 0.169. The first-order chi connectivity index (χ1) is 10.1. The highest BCUT2D eigenvalue weighted by Gasteiger charge is 2.20. The molecular formula is C15H16BrNO4. The molecule has 1 aromatic carbocycles. The van der Waals surface area contributed by atoms with Crippen molar-refractivity contribution in [2.24, 2.45) is 0 Å². The summed E-state index contributed by atoms with van der Waals surface area (Å²) in [7, 11) is 0. The zero-order valence-electron chi connectivity index (χ0n) is 11.9. The molecule has 6 heteroatoms. The summed E-state index contributed by atoms with van der Waals surface area (Å²) in [6, 6.07) is 7.45. The Labute approximate surface area is 131 Å². The van der Waals surface area contributed by atoms with Crippen LogP contribution in [0.5, 0.6) is 5.75 Å². The lowest BCUT2D eigenvalue weighted by Crippen LogP contribution is -2.14. The van der Waals surface area contributed by atoms with Crippen molar-refractivity contribution in [1.29, 1.82) is 0 Å². The van der Waals surface area contributed by atoms with E-state index in [1.54, 1.807) is 6.92 Å². The largest absolute Gasteiger partial charge is 0.490 e. The fourth-order valence-electron chi connectivity index (χ4n) is 1.82. The average Bonchev–Trinajstić information content (AvgIpc) is 2.86. The minimum atomic E-state index is -0.426. The summed E-state index contributed by atoms with van der Waals surface area (Å²) >= 11 is 3.35. The number of aromatic nitrogens is 1. The SMILES string of the molecule is CCc1noc(C)c1C(=O)OCCOc1ccc(Br)cc1. The highest BCUT2D eigenvalue weighted by atomic mass is 79.9. The van der Waals surface area contributed by atoms with E-state index >= 15 is 0 Å². The van der Waals surface area contributed by atoms with Crippen LogP contribution in [0, 0.1) is 6.92 Å². The van der Waals surface area contributed by atoms with E-state index in [-0.39, 0.29) is 6.61 Å². The van der Waals surface area contributed by atoms with Gasteiger partial charge in [0.05, 0.1) is 5.69 Å². The van der Waals surface area contributed by atoms with Gasteiger partial charge in [-0.1, -0.05) is 28.0 Å². The van der Waals surface area contributed by atoms with Crippen molar-refractivity contribution in [2.75, 3.05) is 13.2 Å². The molecule has 0 amide bonds. The molecular weight excluding hydrogens is 338 g/mol. The lowest BCUT2D eigenvalue weighted by atomic mass is 10.1. The van der Waals surface area contributed by atoms with Crippen molar-refractivity contribution < 1.29 is 18.8 Å². The summed E-state index contributed by atoms with van der Waals surface area (Å²) in [5, 5.41) is 3.83. The van der Waals surface area contributed by atoms with Gasteiger partial charge in [-0.05, 0) is 37.6 Å². The summed E-state index contributed by atoms with van der Waals surface area (Å²) in [5.41, 5.74) is 1.03. The molecule has 0 aliphatic heterocycles. The number of halogens is 1.